The summed E-state index contributed by atoms with van der Waals surface area (Å²) in [5.74, 6) is 0.962. The molecule has 2 nitrogen and oxygen atoms in total. The molecular formula is C14H24N2S. The molecular weight excluding hydrogens is 228 g/mol. The molecule has 2 rings (SSSR count). The Labute approximate surface area is 109 Å². The van der Waals surface area contributed by atoms with Crippen LogP contribution in [0.3, 0.4) is 0 Å². The summed E-state index contributed by atoms with van der Waals surface area (Å²) in [5, 5.41) is 7.07. The summed E-state index contributed by atoms with van der Waals surface area (Å²) in [6.07, 6.45) is 11.4. The number of nitrogens with zero attached hydrogens (tertiary/aromatic N) is 1. The summed E-state index contributed by atoms with van der Waals surface area (Å²) in [5.41, 5.74) is 0. The third kappa shape index (κ3) is 4.40. The van der Waals surface area contributed by atoms with Crippen molar-refractivity contribution >= 4 is 11.3 Å². The van der Waals surface area contributed by atoms with E-state index in [1.165, 1.54) is 43.5 Å². The first-order valence-corrected chi connectivity index (χ1v) is 7.88. The molecule has 1 heterocycles. The second-order valence-electron chi connectivity index (χ2n) is 5.17. The van der Waals surface area contributed by atoms with Gasteiger partial charge in [0.05, 0.1) is 5.01 Å². The fourth-order valence-electron chi connectivity index (χ4n) is 2.80. The fourth-order valence-corrected chi connectivity index (χ4v) is 3.50. The molecule has 0 aliphatic heterocycles. The average molecular weight is 252 g/mol. The van der Waals surface area contributed by atoms with E-state index in [0.29, 0.717) is 6.04 Å². The predicted molar refractivity (Wildman–Crippen MR) is 74.5 cm³/mol. The summed E-state index contributed by atoms with van der Waals surface area (Å²) in [4.78, 5) is 4.42. The van der Waals surface area contributed by atoms with Gasteiger partial charge in [0.25, 0.3) is 0 Å². The smallest absolute Gasteiger partial charge is 0.0940 e. The summed E-state index contributed by atoms with van der Waals surface area (Å²) < 4.78 is 0. The second-order valence-corrected chi connectivity index (χ2v) is 6.15. The molecule has 1 atom stereocenters. The largest absolute Gasteiger partial charge is 0.314 e. The van der Waals surface area contributed by atoms with E-state index in [4.69, 9.17) is 0 Å². The second kappa shape index (κ2) is 7.12. The van der Waals surface area contributed by atoms with Crippen molar-refractivity contribution in [2.24, 2.45) is 5.92 Å². The molecule has 1 aliphatic carbocycles. The fraction of sp³-hybridized carbons (Fsp3) is 0.786. The number of hydrogen-bond acceptors (Lipinski definition) is 3. The van der Waals surface area contributed by atoms with Gasteiger partial charge in [0.1, 0.15) is 0 Å². The molecule has 0 amide bonds. The lowest BCUT2D eigenvalue weighted by atomic mass is 9.96. The van der Waals surface area contributed by atoms with E-state index in [-0.39, 0.29) is 0 Å². The van der Waals surface area contributed by atoms with Gasteiger partial charge in [0, 0.05) is 24.0 Å². The van der Waals surface area contributed by atoms with E-state index < -0.39 is 0 Å². The van der Waals surface area contributed by atoms with Crippen molar-refractivity contribution in [2.75, 3.05) is 6.54 Å². The van der Waals surface area contributed by atoms with E-state index in [9.17, 15) is 0 Å². The molecule has 0 radical (unpaired) electrons. The number of hydrogen-bond donors (Lipinski definition) is 1. The molecule has 1 N–H and O–H groups in total. The molecule has 1 fully saturated rings. The quantitative estimate of drug-likeness (QED) is 0.801. The van der Waals surface area contributed by atoms with Gasteiger partial charge in [-0.25, -0.2) is 4.98 Å². The third-order valence-corrected chi connectivity index (χ3v) is 4.48. The van der Waals surface area contributed by atoms with Crippen LogP contribution in [-0.4, -0.2) is 17.6 Å². The number of thiazole rings is 1. The van der Waals surface area contributed by atoms with Gasteiger partial charge in [-0.1, -0.05) is 32.6 Å². The van der Waals surface area contributed by atoms with E-state index in [0.717, 1.165) is 18.9 Å². The lowest BCUT2D eigenvalue weighted by Gasteiger charge is -2.21. The number of aromatic nitrogens is 1. The molecule has 1 saturated carbocycles. The van der Waals surface area contributed by atoms with Crippen molar-refractivity contribution < 1.29 is 0 Å². The van der Waals surface area contributed by atoms with Crippen LogP contribution in [0, 0.1) is 5.92 Å². The minimum atomic E-state index is 0.643. The standard InChI is InChI=1S/C14H24N2S/c1-2-7-15-13(10-12-5-3-4-6-12)11-14-16-8-9-17-14/h8-9,12-13,15H,2-7,10-11H2,1H3. The van der Waals surface area contributed by atoms with Gasteiger partial charge in [-0.2, -0.15) is 0 Å². The van der Waals surface area contributed by atoms with E-state index in [2.05, 4.69) is 22.6 Å². The van der Waals surface area contributed by atoms with E-state index in [1.807, 2.05) is 6.20 Å². The molecule has 17 heavy (non-hydrogen) atoms. The highest BCUT2D eigenvalue weighted by Crippen LogP contribution is 2.29. The van der Waals surface area contributed by atoms with Crippen molar-refractivity contribution in [3.05, 3.63) is 16.6 Å². The van der Waals surface area contributed by atoms with Crippen molar-refractivity contribution in [3.8, 4) is 0 Å². The van der Waals surface area contributed by atoms with Gasteiger partial charge >= 0.3 is 0 Å². The average Bonchev–Trinajstić information content (AvgIpc) is 2.99. The first-order chi connectivity index (χ1) is 8.38. The molecule has 0 bridgehead atoms. The van der Waals surface area contributed by atoms with Crippen LogP contribution in [0.15, 0.2) is 11.6 Å². The van der Waals surface area contributed by atoms with Gasteiger partial charge in [-0.15, -0.1) is 11.3 Å². The Hall–Kier alpha value is -0.410. The summed E-state index contributed by atoms with van der Waals surface area (Å²) >= 11 is 1.79. The SMILES string of the molecule is CCCNC(Cc1nccs1)CC1CCCC1. The number of rotatable bonds is 7. The zero-order valence-electron chi connectivity index (χ0n) is 10.8. The Balaban J connectivity index is 1.83. The van der Waals surface area contributed by atoms with Crippen molar-refractivity contribution in [1.29, 1.82) is 0 Å². The van der Waals surface area contributed by atoms with Gasteiger partial charge in [0.15, 0.2) is 0 Å². The maximum atomic E-state index is 4.42. The lowest BCUT2D eigenvalue weighted by molar-refractivity contribution is 0.384. The minimum absolute atomic E-state index is 0.643. The Bertz CT molecular complexity index is 291. The maximum Gasteiger partial charge on any atom is 0.0940 e. The Morgan fingerprint density at radius 1 is 1.47 bits per heavy atom. The third-order valence-electron chi connectivity index (χ3n) is 3.68. The topological polar surface area (TPSA) is 24.9 Å². The molecule has 0 aromatic carbocycles. The number of nitrogens with one attached hydrogen (secondary N) is 1. The Kier molecular flexibility index (Phi) is 5.46. The van der Waals surface area contributed by atoms with Crippen molar-refractivity contribution in [3.63, 3.8) is 0 Å². The van der Waals surface area contributed by atoms with Crippen molar-refractivity contribution in [1.82, 2.24) is 10.3 Å². The van der Waals surface area contributed by atoms with Crippen LogP contribution in [0.4, 0.5) is 0 Å². The van der Waals surface area contributed by atoms with Crippen LogP contribution < -0.4 is 5.32 Å². The van der Waals surface area contributed by atoms with Gasteiger partial charge < -0.3 is 5.32 Å². The van der Waals surface area contributed by atoms with Gasteiger partial charge in [-0.3, -0.25) is 0 Å². The summed E-state index contributed by atoms with van der Waals surface area (Å²) in [6.45, 7) is 3.38. The summed E-state index contributed by atoms with van der Waals surface area (Å²) in [6, 6.07) is 0.643. The van der Waals surface area contributed by atoms with Gasteiger partial charge in [0.2, 0.25) is 0 Å². The minimum Gasteiger partial charge on any atom is -0.314 e. The van der Waals surface area contributed by atoms with Crippen LogP contribution in [0.25, 0.3) is 0 Å². The molecule has 1 aromatic rings. The Morgan fingerprint density at radius 2 is 2.29 bits per heavy atom. The molecule has 0 saturated heterocycles. The normalized spacial score (nSPS) is 18.6. The monoisotopic (exact) mass is 252 g/mol. The first kappa shape index (κ1) is 13.0. The van der Waals surface area contributed by atoms with E-state index >= 15 is 0 Å². The highest BCUT2D eigenvalue weighted by Gasteiger charge is 2.20. The van der Waals surface area contributed by atoms with Crippen LogP contribution in [0.2, 0.25) is 0 Å². The maximum absolute atomic E-state index is 4.42. The van der Waals surface area contributed by atoms with Crippen LogP contribution in [-0.2, 0) is 6.42 Å². The molecule has 1 unspecified atom stereocenters. The highest BCUT2D eigenvalue weighted by molar-refractivity contribution is 7.09. The van der Waals surface area contributed by atoms with Gasteiger partial charge in [-0.05, 0) is 25.3 Å². The zero-order valence-corrected chi connectivity index (χ0v) is 11.6. The van der Waals surface area contributed by atoms with E-state index in [1.54, 1.807) is 11.3 Å². The summed E-state index contributed by atoms with van der Waals surface area (Å²) in [7, 11) is 0. The molecule has 0 spiro atoms. The molecule has 1 aliphatic rings. The van der Waals surface area contributed by atoms with Crippen molar-refractivity contribution in [2.45, 2.75) is 57.9 Å². The first-order valence-electron chi connectivity index (χ1n) is 7.00. The lowest BCUT2D eigenvalue weighted by Crippen LogP contribution is -2.33. The van der Waals surface area contributed by atoms with Crippen LogP contribution in [0.5, 0.6) is 0 Å². The molecule has 1 aromatic heterocycles. The van der Waals surface area contributed by atoms with Crippen LogP contribution in [0.1, 0.15) is 50.5 Å². The van der Waals surface area contributed by atoms with Crippen LogP contribution >= 0.6 is 11.3 Å². The molecule has 96 valence electrons. The highest BCUT2D eigenvalue weighted by atomic mass is 32.1. The zero-order chi connectivity index (χ0) is 11.9. The predicted octanol–water partition coefficient (Wildman–Crippen LogP) is 3.63. The molecule has 3 heteroatoms. The Morgan fingerprint density at radius 3 is 2.94 bits per heavy atom.